The predicted octanol–water partition coefficient (Wildman–Crippen LogP) is 2.45. The fraction of sp³-hybridized carbons (Fsp3) is 0.706. The lowest BCUT2D eigenvalue weighted by Gasteiger charge is -2.19. The Hall–Kier alpha value is -1.13. The summed E-state index contributed by atoms with van der Waals surface area (Å²) in [6.45, 7) is 6.27. The minimum atomic E-state index is 0.442. The number of nitrogens with one attached hydrogen (secondary N) is 2. The third-order valence-electron chi connectivity index (χ3n) is 4.49. The van der Waals surface area contributed by atoms with E-state index in [4.69, 9.17) is 9.72 Å². The van der Waals surface area contributed by atoms with Crippen molar-refractivity contribution in [1.29, 1.82) is 0 Å². The van der Waals surface area contributed by atoms with Gasteiger partial charge in [0.25, 0.3) is 0 Å². The molecule has 1 aromatic heterocycles. The average molecular weight is 289 g/mol. The number of ether oxygens (including phenoxy) is 1. The molecular formula is C17H27N3O. The second kappa shape index (κ2) is 7.23. The Morgan fingerprint density at radius 2 is 2.29 bits per heavy atom. The lowest BCUT2D eigenvalue weighted by atomic mass is 10.0. The SMILES string of the molecule is Cc1cc2c(nc1CCCCO[C@@H]1CCNC1)NCCC2. The molecule has 4 heteroatoms. The molecule has 0 spiro atoms. The van der Waals surface area contributed by atoms with E-state index in [1.54, 1.807) is 0 Å². The number of nitrogens with zero attached hydrogens (tertiary/aromatic N) is 1. The molecule has 0 unspecified atom stereocenters. The van der Waals surface area contributed by atoms with Crippen LogP contribution in [0.5, 0.6) is 0 Å². The van der Waals surface area contributed by atoms with Gasteiger partial charge in [-0.25, -0.2) is 4.98 Å². The van der Waals surface area contributed by atoms with Crippen LogP contribution in [-0.2, 0) is 17.6 Å². The van der Waals surface area contributed by atoms with Crippen molar-refractivity contribution in [3.8, 4) is 0 Å². The lowest BCUT2D eigenvalue weighted by Crippen LogP contribution is -2.17. The standard InChI is InChI=1S/C17H27N3O/c1-13-11-14-5-4-8-19-17(14)20-16(13)6-2-3-10-21-15-7-9-18-12-15/h11,15,18H,2-10,12H2,1H3,(H,19,20)/t15-/m1/s1. The van der Waals surface area contributed by atoms with Gasteiger partial charge in [-0.15, -0.1) is 0 Å². The predicted molar refractivity (Wildman–Crippen MR) is 85.9 cm³/mol. The minimum absolute atomic E-state index is 0.442. The number of aromatic nitrogens is 1. The van der Waals surface area contributed by atoms with Crippen LogP contribution in [0.25, 0.3) is 0 Å². The fourth-order valence-electron chi connectivity index (χ4n) is 3.21. The van der Waals surface area contributed by atoms with Crippen LogP contribution < -0.4 is 10.6 Å². The second-order valence-corrected chi connectivity index (χ2v) is 6.23. The molecule has 0 saturated carbocycles. The molecular weight excluding hydrogens is 262 g/mol. The fourth-order valence-corrected chi connectivity index (χ4v) is 3.21. The molecule has 0 amide bonds. The molecule has 2 aliphatic heterocycles. The van der Waals surface area contributed by atoms with Crippen molar-refractivity contribution in [2.45, 2.75) is 51.6 Å². The highest BCUT2D eigenvalue weighted by atomic mass is 16.5. The van der Waals surface area contributed by atoms with Crippen molar-refractivity contribution in [3.05, 3.63) is 22.9 Å². The second-order valence-electron chi connectivity index (χ2n) is 6.23. The summed E-state index contributed by atoms with van der Waals surface area (Å²) >= 11 is 0. The molecule has 4 nitrogen and oxygen atoms in total. The van der Waals surface area contributed by atoms with E-state index in [0.29, 0.717) is 6.10 Å². The topological polar surface area (TPSA) is 46.2 Å². The first kappa shape index (κ1) is 14.8. The quantitative estimate of drug-likeness (QED) is 0.790. The number of anilines is 1. The molecule has 1 fully saturated rings. The summed E-state index contributed by atoms with van der Waals surface area (Å²) < 4.78 is 5.87. The molecule has 1 atom stereocenters. The van der Waals surface area contributed by atoms with Gasteiger partial charge in [-0.1, -0.05) is 6.07 Å². The highest BCUT2D eigenvalue weighted by molar-refractivity contribution is 5.49. The van der Waals surface area contributed by atoms with E-state index in [1.165, 1.54) is 29.7 Å². The zero-order valence-corrected chi connectivity index (χ0v) is 13.1. The molecule has 0 bridgehead atoms. The molecule has 0 aliphatic carbocycles. The van der Waals surface area contributed by atoms with E-state index in [-0.39, 0.29) is 0 Å². The van der Waals surface area contributed by atoms with Gasteiger partial charge in [0.05, 0.1) is 6.10 Å². The van der Waals surface area contributed by atoms with Crippen LogP contribution in [-0.4, -0.2) is 37.3 Å². The van der Waals surface area contributed by atoms with E-state index >= 15 is 0 Å². The number of unbranched alkanes of at least 4 members (excludes halogenated alkanes) is 1. The maximum atomic E-state index is 5.87. The van der Waals surface area contributed by atoms with Gasteiger partial charge in [-0.05, 0) is 63.1 Å². The highest BCUT2D eigenvalue weighted by Crippen LogP contribution is 2.23. The van der Waals surface area contributed by atoms with E-state index in [0.717, 1.165) is 57.7 Å². The summed E-state index contributed by atoms with van der Waals surface area (Å²) in [6, 6.07) is 2.32. The molecule has 0 aromatic carbocycles. The van der Waals surface area contributed by atoms with Gasteiger partial charge in [0, 0.05) is 25.4 Å². The Labute approximate surface area is 127 Å². The van der Waals surface area contributed by atoms with Gasteiger partial charge in [0.15, 0.2) is 0 Å². The molecule has 3 heterocycles. The molecule has 1 saturated heterocycles. The van der Waals surface area contributed by atoms with Gasteiger partial charge in [-0.2, -0.15) is 0 Å². The third-order valence-corrected chi connectivity index (χ3v) is 4.49. The summed E-state index contributed by atoms with van der Waals surface area (Å²) in [7, 11) is 0. The first-order chi connectivity index (χ1) is 10.3. The summed E-state index contributed by atoms with van der Waals surface area (Å²) in [6.07, 6.45) is 7.34. The first-order valence-corrected chi connectivity index (χ1v) is 8.38. The maximum Gasteiger partial charge on any atom is 0.129 e. The van der Waals surface area contributed by atoms with Gasteiger partial charge in [0.1, 0.15) is 5.82 Å². The zero-order valence-electron chi connectivity index (χ0n) is 13.1. The Kier molecular flexibility index (Phi) is 5.09. The van der Waals surface area contributed by atoms with E-state index in [1.807, 2.05) is 0 Å². The number of hydrogen-bond acceptors (Lipinski definition) is 4. The molecule has 1 aromatic rings. The first-order valence-electron chi connectivity index (χ1n) is 8.38. The molecule has 2 N–H and O–H groups in total. The molecule has 2 aliphatic rings. The van der Waals surface area contributed by atoms with E-state index < -0.39 is 0 Å². The Morgan fingerprint density at radius 1 is 1.33 bits per heavy atom. The van der Waals surface area contributed by atoms with Crippen LogP contribution in [0.2, 0.25) is 0 Å². The van der Waals surface area contributed by atoms with Crippen LogP contribution in [0, 0.1) is 6.92 Å². The molecule has 0 radical (unpaired) electrons. The van der Waals surface area contributed by atoms with Crippen molar-refractivity contribution in [2.75, 3.05) is 31.6 Å². The summed E-state index contributed by atoms with van der Waals surface area (Å²) in [5.41, 5.74) is 3.99. The minimum Gasteiger partial charge on any atom is -0.377 e. The van der Waals surface area contributed by atoms with E-state index in [9.17, 15) is 0 Å². The lowest BCUT2D eigenvalue weighted by molar-refractivity contribution is 0.0645. The Morgan fingerprint density at radius 3 is 3.14 bits per heavy atom. The van der Waals surface area contributed by atoms with Crippen LogP contribution in [0.4, 0.5) is 5.82 Å². The Balaban J connectivity index is 1.44. The monoisotopic (exact) mass is 289 g/mol. The third kappa shape index (κ3) is 3.95. The van der Waals surface area contributed by atoms with Crippen molar-refractivity contribution in [1.82, 2.24) is 10.3 Å². The van der Waals surface area contributed by atoms with Crippen molar-refractivity contribution < 1.29 is 4.74 Å². The number of rotatable bonds is 6. The van der Waals surface area contributed by atoms with E-state index in [2.05, 4.69) is 23.6 Å². The van der Waals surface area contributed by atoms with Gasteiger partial charge >= 0.3 is 0 Å². The average Bonchev–Trinajstić information content (AvgIpc) is 3.00. The largest absolute Gasteiger partial charge is 0.377 e. The van der Waals surface area contributed by atoms with Crippen LogP contribution in [0.1, 0.15) is 42.5 Å². The van der Waals surface area contributed by atoms with Crippen molar-refractivity contribution in [2.24, 2.45) is 0 Å². The molecule has 3 rings (SSSR count). The summed E-state index contributed by atoms with van der Waals surface area (Å²) in [5.74, 6) is 1.12. The van der Waals surface area contributed by atoms with Gasteiger partial charge in [0.2, 0.25) is 0 Å². The molecule has 116 valence electrons. The summed E-state index contributed by atoms with van der Waals surface area (Å²) in [4.78, 5) is 4.83. The number of fused-ring (bicyclic) bond motifs is 1. The van der Waals surface area contributed by atoms with Gasteiger partial charge in [-0.3, -0.25) is 0 Å². The van der Waals surface area contributed by atoms with Crippen LogP contribution in [0.15, 0.2) is 6.07 Å². The van der Waals surface area contributed by atoms with Gasteiger partial charge < -0.3 is 15.4 Å². The normalized spacial score (nSPS) is 21.1. The smallest absolute Gasteiger partial charge is 0.129 e. The van der Waals surface area contributed by atoms with Crippen LogP contribution >= 0.6 is 0 Å². The number of pyridine rings is 1. The van der Waals surface area contributed by atoms with Crippen molar-refractivity contribution >= 4 is 5.82 Å². The van der Waals surface area contributed by atoms with Crippen molar-refractivity contribution in [3.63, 3.8) is 0 Å². The highest BCUT2D eigenvalue weighted by Gasteiger charge is 2.15. The summed E-state index contributed by atoms with van der Waals surface area (Å²) in [5, 5.41) is 6.76. The Bertz CT molecular complexity index is 469. The van der Waals surface area contributed by atoms with Crippen LogP contribution in [0.3, 0.4) is 0 Å². The molecule has 21 heavy (non-hydrogen) atoms. The number of aryl methyl sites for hydroxylation is 3. The zero-order chi connectivity index (χ0) is 14.5. The maximum absolute atomic E-state index is 5.87. The number of hydrogen-bond donors (Lipinski definition) is 2.